The third-order valence-electron chi connectivity index (χ3n) is 4.27. The minimum absolute atomic E-state index is 0.209. The zero-order valence-corrected chi connectivity index (χ0v) is 15.3. The van der Waals surface area contributed by atoms with Gasteiger partial charge in [-0.15, -0.1) is 0 Å². The van der Waals surface area contributed by atoms with E-state index in [4.69, 9.17) is 10.5 Å². The number of anilines is 3. The predicted octanol–water partition coefficient (Wildman–Crippen LogP) is 0.797. The van der Waals surface area contributed by atoms with Crippen LogP contribution in [0.5, 0.6) is 0 Å². The summed E-state index contributed by atoms with van der Waals surface area (Å²) in [6, 6.07) is 3.96. The second-order valence-electron chi connectivity index (χ2n) is 6.25. The van der Waals surface area contributed by atoms with E-state index in [1.54, 1.807) is 18.6 Å². The molecule has 28 heavy (non-hydrogen) atoms. The summed E-state index contributed by atoms with van der Waals surface area (Å²) >= 11 is 0. The van der Waals surface area contributed by atoms with E-state index in [-0.39, 0.29) is 5.95 Å². The highest BCUT2D eigenvalue weighted by Gasteiger charge is 2.17. The van der Waals surface area contributed by atoms with E-state index in [1.165, 1.54) is 0 Å². The molecule has 10 nitrogen and oxygen atoms in total. The zero-order chi connectivity index (χ0) is 19.2. The molecule has 0 bridgehead atoms. The van der Waals surface area contributed by atoms with Crippen molar-refractivity contribution >= 4 is 17.8 Å². The molecule has 144 valence electrons. The number of hydrogen-bond acceptors (Lipinski definition) is 10. The molecule has 0 amide bonds. The van der Waals surface area contributed by atoms with E-state index >= 15 is 0 Å². The summed E-state index contributed by atoms with van der Waals surface area (Å²) in [5.41, 5.74) is 7.41. The van der Waals surface area contributed by atoms with Crippen LogP contribution in [0.4, 0.5) is 17.8 Å². The van der Waals surface area contributed by atoms with Gasteiger partial charge in [0.15, 0.2) is 5.82 Å². The van der Waals surface area contributed by atoms with Gasteiger partial charge in [-0.05, 0) is 18.1 Å². The summed E-state index contributed by atoms with van der Waals surface area (Å²) in [5.74, 6) is 1.82. The van der Waals surface area contributed by atoms with E-state index in [9.17, 15) is 0 Å². The Morgan fingerprint density at radius 1 is 1.07 bits per heavy atom. The first-order chi connectivity index (χ1) is 13.8. The molecule has 1 aliphatic rings. The fraction of sp³-hybridized carbons (Fsp3) is 0.333. The lowest BCUT2D eigenvalue weighted by molar-refractivity contribution is 0.122. The first-order valence-corrected chi connectivity index (χ1v) is 9.07. The van der Waals surface area contributed by atoms with Crippen LogP contribution in [-0.2, 0) is 11.2 Å². The Kier molecular flexibility index (Phi) is 5.48. The molecule has 4 rings (SSSR count). The van der Waals surface area contributed by atoms with Crippen molar-refractivity contribution in [2.24, 2.45) is 0 Å². The maximum Gasteiger partial charge on any atom is 0.230 e. The van der Waals surface area contributed by atoms with Crippen LogP contribution < -0.4 is 16.0 Å². The summed E-state index contributed by atoms with van der Waals surface area (Å²) in [6.45, 7) is 3.44. The number of nitrogen functional groups attached to an aromatic ring is 1. The highest BCUT2D eigenvalue weighted by molar-refractivity contribution is 5.57. The summed E-state index contributed by atoms with van der Waals surface area (Å²) in [5, 5.41) is 3.28. The number of nitrogens with one attached hydrogen (secondary N) is 1. The lowest BCUT2D eigenvalue weighted by Gasteiger charge is -2.27. The molecule has 0 spiro atoms. The lowest BCUT2D eigenvalue weighted by Crippen LogP contribution is -2.37. The molecule has 0 aliphatic carbocycles. The Bertz CT molecular complexity index is 899. The first-order valence-electron chi connectivity index (χ1n) is 9.07. The zero-order valence-electron chi connectivity index (χ0n) is 15.3. The van der Waals surface area contributed by atoms with Crippen molar-refractivity contribution < 1.29 is 4.74 Å². The maximum absolute atomic E-state index is 5.59. The highest BCUT2D eigenvalue weighted by Crippen LogP contribution is 2.19. The molecule has 0 radical (unpaired) electrons. The van der Waals surface area contributed by atoms with Crippen LogP contribution in [0.2, 0.25) is 0 Å². The monoisotopic (exact) mass is 379 g/mol. The van der Waals surface area contributed by atoms with Gasteiger partial charge in [0.25, 0.3) is 0 Å². The molecule has 3 aromatic heterocycles. The van der Waals surface area contributed by atoms with Gasteiger partial charge in [-0.2, -0.15) is 15.0 Å². The molecule has 0 aromatic carbocycles. The van der Waals surface area contributed by atoms with Crippen LogP contribution >= 0.6 is 0 Å². The normalized spacial score (nSPS) is 14.1. The van der Waals surface area contributed by atoms with E-state index in [0.29, 0.717) is 43.0 Å². The van der Waals surface area contributed by atoms with Crippen LogP contribution in [0.3, 0.4) is 0 Å². The quantitative estimate of drug-likeness (QED) is 0.634. The van der Waals surface area contributed by atoms with Crippen molar-refractivity contribution in [3.8, 4) is 11.4 Å². The van der Waals surface area contributed by atoms with E-state index in [1.807, 2.05) is 18.3 Å². The Morgan fingerprint density at radius 3 is 2.64 bits per heavy atom. The average molecular weight is 379 g/mol. The van der Waals surface area contributed by atoms with E-state index in [2.05, 4.69) is 40.1 Å². The van der Waals surface area contributed by atoms with Gasteiger partial charge in [0.05, 0.1) is 18.8 Å². The summed E-state index contributed by atoms with van der Waals surface area (Å²) < 4.78 is 5.43. The lowest BCUT2D eigenvalue weighted by atomic mass is 10.2. The van der Waals surface area contributed by atoms with Crippen LogP contribution in [0.25, 0.3) is 11.4 Å². The molecule has 0 unspecified atom stereocenters. The first kappa shape index (κ1) is 18.0. The van der Waals surface area contributed by atoms with Gasteiger partial charge in [-0.3, -0.25) is 4.98 Å². The minimum Gasteiger partial charge on any atom is -0.378 e. The molecular formula is C18H21N9O. The Morgan fingerprint density at radius 2 is 1.89 bits per heavy atom. The molecule has 1 aliphatic heterocycles. The number of nitrogens with two attached hydrogens (primary N) is 1. The number of rotatable bonds is 6. The number of aromatic nitrogens is 6. The smallest absolute Gasteiger partial charge is 0.230 e. The third-order valence-corrected chi connectivity index (χ3v) is 4.27. The number of morpholine rings is 1. The molecule has 0 atom stereocenters. The second-order valence-corrected chi connectivity index (χ2v) is 6.25. The number of pyridine rings is 1. The standard InChI is InChI=1S/C18H21N9O/c19-16-22-11-14(12-23-16)15-24-17(21-5-3-13-2-1-4-20-10-13)26-18(25-15)27-6-8-28-9-7-27/h1-2,4,10-12H,3,5-9H2,(H2,19,22,23)(H,21,24,25,26). The van der Waals surface area contributed by atoms with Crippen molar-refractivity contribution in [3.05, 3.63) is 42.5 Å². The van der Waals surface area contributed by atoms with Crippen molar-refractivity contribution in [2.75, 3.05) is 48.8 Å². The van der Waals surface area contributed by atoms with Gasteiger partial charge in [-0.1, -0.05) is 6.07 Å². The van der Waals surface area contributed by atoms with Gasteiger partial charge < -0.3 is 20.7 Å². The fourth-order valence-electron chi connectivity index (χ4n) is 2.80. The Balaban J connectivity index is 1.56. The van der Waals surface area contributed by atoms with Gasteiger partial charge in [-0.25, -0.2) is 9.97 Å². The van der Waals surface area contributed by atoms with Gasteiger partial charge in [0.2, 0.25) is 17.8 Å². The van der Waals surface area contributed by atoms with Gasteiger partial charge in [0.1, 0.15) is 0 Å². The number of nitrogens with zero attached hydrogens (tertiary/aromatic N) is 7. The van der Waals surface area contributed by atoms with Crippen LogP contribution in [0, 0.1) is 0 Å². The number of hydrogen-bond donors (Lipinski definition) is 2. The van der Waals surface area contributed by atoms with Gasteiger partial charge in [0, 0.05) is 44.4 Å². The molecule has 10 heteroatoms. The second kappa shape index (κ2) is 8.53. The summed E-state index contributed by atoms with van der Waals surface area (Å²) in [4.78, 5) is 28.0. The fourth-order valence-corrected chi connectivity index (χ4v) is 2.80. The predicted molar refractivity (Wildman–Crippen MR) is 105 cm³/mol. The van der Waals surface area contributed by atoms with E-state index < -0.39 is 0 Å². The average Bonchev–Trinajstić information content (AvgIpc) is 2.75. The summed E-state index contributed by atoms with van der Waals surface area (Å²) in [7, 11) is 0. The molecule has 3 N–H and O–H groups in total. The van der Waals surface area contributed by atoms with Gasteiger partial charge >= 0.3 is 0 Å². The molecule has 1 saturated heterocycles. The van der Waals surface area contributed by atoms with E-state index in [0.717, 1.165) is 25.1 Å². The molecule has 0 saturated carbocycles. The van der Waals surface area contributed by atoms with Crippen molar-refractivity contribution in [1.82, 2.24) is 29.9 Å². The minimum atomic E-state index is 0.209. The SMILES string of the molecule is Nc1ncc(-c2nc(NCCc3cccnc3)nc(N3CCOCC3)n2)cn1. The molecule has 3 aromatic rings. The number of ether oxygens (including phenoxy) is 1. The largest absolute Gasteiger partial charge is 0.378 e. The maximum atomic E-state index is 5.59. The molecule has 4 heterocycles. The topological polar surface area (TPSA) is 128 Å². The van der Waals surface area contributed by atoms with Crippen LogP contribution in [0.15, 0.2) is 36.9 Å². The summed E-state index contributed by atoms with van der Waals surface area (Å²) in [6.07, 6.45) is 7.65. The third kappa shape index (κ3) is 4.46. The van der Waals surface area contributed by atoms with Crippen molar-refractivity contribution in [1.29, 1.82) is 0 Å². The molecular weight excluding hydrogens is 358 g/mol. The Labute approximate surface area is 162 Å². The molecule has 1 fully saturated rings. The van der Waals surface area contributed by atoms with Crippen molar-refractivity contribution in [3.63, 3.8) is 0 Å². The Hall–Kier alpha value is -3.40. The van der Waals surface area contributed by atoms with Crippen LogP contribution in [-0.4, -0.2) is 62.8 Å². The highest BCUT2D eigenvalue weighted by atomic mass is 16.5. The van der Waals surface area contributed by atoms with Crippen LogP contribution in [0.1, 0.15) is 5.56 Å². The van der Waals surface area contributed by atoms with Crippen molar-refractivity contribution in [2.45, 2.75) is 6.42 Å².